The van der Waals surface area contributed by atoms with Gasteiger partial charge < -0.3 is 10.6 Å². The maximum absolute atomic E-state index is 11.1. The number of nitrogens with zero attached hydrogens (tertiary/aromatic N) is 2. The maximum atomic E-state index is 11.1. The van der Waals surface area contributed by atoms with Crippen LogP contribution in [0, 0.1) is 13.8 Å². The van der Waals surface area contributed by atoms with E-state index in [4.69, 9.17) is 0 Å². The van der Waals surface area contributed by atoms with Gasteiger partial charge in [0.05, 0.1) is 6.54 Å². The fraction of sp³-hybridized carbons (Fsp3) is 0.667. The third kappa shape index (κ3) is 6.10. The standard InChI is InChI=1S/C15H26N4O/c1-10-7-11(2)18-14(17-10)9-16-12(3)8-15(5,6)19-13(4)20/h7,12,16H,8-9H2,1-6H3,(H,19,20)/t12-/m0/s1. The molecule has 0 bridgehead atoms. The summed E-state index contributed by atoms with van der Waals surface area (Å²) in [5.74, 6) is 0.812. The average Bonchev–Trinajstić information content (AvgIpc) is 2.22. The summed E-state index contributed by atoms with van der Waals surface area (Å²) in [6, 6.07) is 2.23. The summed E-state index contributed by atoms with van der Waals surface area (Å²) < 4.78 is 0. The highest BCUT2D eigenvalue weighted by atomic mass is 16.1. The molecule has 0 fully saturated rings. The van der Waals surface area contributed by atoms with Crippen LogP contribution < -0.4 is 10.6 Å². The van der Waals surface area contributed by atoms with Crippen LogP contribution in [0.15, 0.2) is 6.07 Å². The second kappa shape index (κ2) is 6.79. The summed E-state index contributed by atoms with van der Waals surface area (Å²) in [4.78, 5) is 20.0. The molecule has 20 heavy (non-hydrogen) atoms. The van der Waals surface area contributed by atoms with Crippen molar-refractivity contribution in [1.29, 1.82) is 0 Å². The van der Waals surface area contributed by atoms with E-state index in [1.165, 1.54) is 0 Å². The smallest absolute Gasteiger partial charge is 0.217 e. The summed E-state index contributed by atoms with van der Waals surface area (Å²) in [6.45, 7) is 12.3. The number of amides is 1. The van der Waals surface area contributed by atoms with Crippen LogP contribution in [-0.4, -0.2) is 27.5 Å². The Morgan fingerprint density at radius 2 is 1.85 bits per heavy atom. The number of carbonyl (C=O) groups excluding carboxylic acids is 1. The maximum Gasteiger partial charge on any atom is 0.217 e. The fourth-order valence-electron chi connectivity index (χ4n) is 2.51. The van der Waals surface area contributed by atoms with Crippen molar-refractivity contribution in [2.75, 3.05) is 0 Å². The van der Waals surface area contributed by atoms with E-state index in [0.29, 0.717) is 6.54 Å². The van der Waals surface area contributed by atoms with E-state index in [9.17, 15) is 4.79 Å². The molecular weight excluding hydrogens is 252 g/mol. The summed E-state index contributed by atoms with van der Waals surface area (Å²) in [7, 11) is 0. The monoisotopic (exact) mass is 278 g/mol. The molecule has 0 aromatic carbocycles. The van der Waals surface area contributed by atoms with E-state index in [1.54, 1.807) is 6.92 Å². The molecule has 5 heteroatoms. The number of carbonyl (C=O) groups is 1. The lowest BCUT2D eigenvalue weighted by atomic mass is 9.96. The molecule has 0 unspecified atom stereocenters. The highest BCUT2D eigenvalue weighted by Gasteiger charge is 2.21. The normalized spacial score (nSPS) is 13.1. The van der Waals surface area contributed by atoms with Crippen molar-refractivity contribution < 1.29 is 4.79 Å². The summed E-state index contributed by atoms with van der Waals surface area (Å²) in [5, 5.41) is 6.36. The highest BCUT2D eigenvalue weighted by Crippen LogP contribution is 2.11. The fourth-order valence-corrected chi connectivity index (χ4v) is 2.51. The zero-order valence-electron chi connectivity index (χ0n) is 13.4. The number of nitrogens with one attached hydrogen (secondary N) is 2. The largest absolute Gasteiger partial charge is 0.351 e. The topological polar surface area (TPSA) is 66.9 Å². The molecule has 1 aromatic rings. The molecule has 0 aliphatic carbocycles. The van der Waals surface area contributed by atoms with Gasteiger partial charge in [0.1, 0.15) is 5.82 Å². The zero-order chi connectivity index (χ0) is 15.3. The summed E-state index contributed by atoms with van der Waals surface area (Å²) in [6.07, 6.45) is 0.845. The van der Waals surface area contributed by atoms with E-state index < -0.39 is 0 Å². The van der Waals surface area contributed by atoms with Crippen LogP contribution >= 0.6 is 0 Å². The van der Waals surface area contributed by atoms with E-state index >= 15 is 0 Å². The lowest BCUT2D eigenvalue weighted by Gasteiger charge is -2.29. The molecule has 0 radical (unpaired) electrons. The second-order valence-corrected chi connectivity index (χ2v) is 6.12. The van der Waals surface area contributed by atoms with Gasteiger partial charge in [0.25, 0.3) is 0 Å². The highest BCUT2D eigenvalue weighted by molar-refractivity contribution is 5.73. The van der Waals surface area contributed by atoms with Gasteiger partial charge >= 0.3 is 0 Å². The van der Waals surface area contributed by atoms with Gasteiger partial charge in [-0.1, -0.05) is 0 Å². The predicted octanol–water partition coefficient (Wildman–Crippen LogP) is 1.88. The van der Waals surface area contributed by atoms with E-state index in [-0.39, 0.29) is 17.5 Å². The second-order valence-electron chi connectivity index (χ2n) is 6.12. The molecule has 2 N–H and O–H groups in total. The third-order valence-electron chi connectivity index (χ3n) is 2.97. The lowest BCUT2D eigenvalue weighted by Crippen LogP contribution is -2.46. The minimum absolute atomic E-state index is 0.000146. The molecule has 1 rings (SSSR count). The van der Waals surface area contributed by atoms with Gasteiger partial charge in [-0.25, -0.2) is 9.97 Å². The Hall–Kier alpha value is -1.49. The van der Waals surface area contributed by atoms with Crippen molar-refractivity contribution in [3.05, 3.63) is 23.3 Å². The van der Waals surface area contributed by atoms with E-state index in [2.05, 4.69) is 27.5 Å². The van der Waals surface area contributed by atoms with Crippen molar-refractivity contribution in [3.63, 3.8) is 0 Å². The number of aromatic nitrogens is 2. The predicted molar refractivity (Wildman–Crippen MR) is 80.3 cm³/mol. The molecule has 0 saturated heterocycles. The van der Waals surface area contributed by atoms with Gasteiger partial charge in [0.15, 0.2) is 0 Å². The number of rotatable bonds is 6. The number of hydrogen-bond acceptors (Lipinski definition) is 4. The van der Waals surface area contributed by atoms with Gasteiger partial charge in [0, 0.05) is 29.9 Å². The van der Waals surface area contributed by atoms with E-state index in [0.717, 1.165) is 23.6 Å². The minimum atomic E-state index is -0.221. The molecule has 0 aliphatic heterocycles. The first-order valence-corrected chi connectivity index (χ1v) is 7.01. The molecule has 112 valence electrons. The van der Waals surface area contributed by atoms with Crippen LogP contribution in [0.1, 0.15) is 51.3 Å². The van der Waals surface area contributed by atoms with Gasteiger partial charge in [-0.2, -0.15) is 0 Å². The Morgan fingerprint density at radius 1 is 1.30 bits per heavy atom. The molecule has 1 heterocycles. The van der Waals surface area contributed by atoms with Gasteiger partial charge in [0.2, 0.25) is 5.91 Å². The molecule has 1 amide bonds. The third-order valence-corrected chi connectivity index (χ3v) is 2.97. The molecule has 1 atom stereocenters. The average molecular weight is 278 g/mol. The summed E-state index contributed by atoms with van der Waals surface area (Å²) >= 11 is 0. The Bertz CT molecular complexity index is 451. The number of hydrogen-bond donors (Lipinski definition) is 2. The first-order chi connectivity index (χ1) is 9.18. The molecule has 1 aromatic heterocycles. The van der Waals surface area contributed by atoms with Gasteiger partial charge in [-0.15, -0.1) is 0 Å². The molecule has 5 nitrogen and oxygen atoms in total. The van der Waals surface area contributed by atoms with Crippen molar-refractivity contribution in [2.45, 2.75) is 66.1 Å². The Morgan fingerprint density at radius 3 is 2.35 bits per heavy atom. The molecule has 0 aliphatic rings. The Labute approximate surface area is 121 Å². The van der Waals surface area contributed by atoms with E-state index in [1.807, 2.05) is 33.8 Å². The molecular formula is C15H26N4O. The Balaban J connectivity index is 2.50. The Kier molecular flexibility index (Phi) is 5.62. The first kappa shape index (κ1) is 16.6. The summed E-state index contributed by atoms with van der Waals surface area (Å²) in [5.41, 5.74) is 1.75. The van der Waals surface area contributed by atoms with Crippen LogP contribution in [0.5, 0.6) is 0 Å². The van der Waals surface area contributed by atoms with Crippen LogP contribution in [0.2, 0.25) is 0 Å². The van der Waals surface area contributed by atoms with Crippen molar-refractivity contribution >= 4 is 5.91 Å². The minimum Gasteiger partial charge on any atom is -0.351 e. The van der Waals surface area contributed by atoms with Gasteiger partial charge in [-0.3, -0.25) is 4.79 Å². The van der Waals surface area contributed by atoms with Crippen LogP contribution in [0.4, 0.5) is 0 Å². The molecule has 0 saturated carbocycles. The zero-order valence-corrected chi connectivity index (χ0v) is 13.4. The van der Waals surface area contributed by atoms with Crippen molar-refractivity contribution in [3.8, 4) is 0 Å². The quantitative estimate of drug-likeness (QED) is 0.833. The van der Waals surface area contributed by atoms with Crippen molar-refractivity contribution in [2.24, 2.45) is 0 Å². The lowest BCUT2D eigenvalue weighted by molar-refractivity contribution is -0.120. The van der Waals surface area contributed by atoms with Crippen LogP contribution in [0.25, 0.3) is 0 Å². The van der Waals surface area contributed by atoms with Crippen molar-refractivity contribution in [1.82, 2.24) is 20.6 Å². The van der Waals surface area contributed by atoms with Gasteiger partial charge in [-0.05, 0) is 47.1 Å². The van der Waals surface area contributed by atoms with Crippen LogP contribution in [0.3, 0.4) is 0 Å². The molecule has 0 spiro atoms. The SMILES string of the molecule is CC(=O)NC(C)(C)C[C@H](C)NCc1nc(C)cc(C)n1. The first-order valence-electron chi connectivity index (χ1n) is 7.01. The van der Waals surface area contributed by atoms with Crippen LogP contribution in [-0.2, 0) is 11.3 Å². The number of aryl methyl sites for hydroxylation is 2.